The number of fused-ring (bicyclic) bond motifs is 1. The van der Waals surface area contributed by atoms with Crippen molar-refractivity contribution in [1.29, 1.82) is 0 Å². The van der Waals surface area contributed by atoms with Gasteiger partial charge in [-0.1, -0.05) is 23.2 Å². The fraction of sp³-hybridized carbons (Fsp3) is 0.250. The van der Waals surface area contributed by atoms with Crippen LogP contribution in [0.25, 0.3) is 10.9 Å². The Balaban J connectivity index is 2.69. The average Bonchev–Trinajstić information content (AvgIpc) is 2.20. The molecule has 0 radical (unpaired) electrons. The van der Waals surface area contributed by atoms with E-state index in [-0.39, 0.29) is 0 Å². The van der Waals surface area contributed by atoms with Gasteiger partial charge in [-0.3, -0.25) is 4.98 Å². The van der Waals surface area contributed by atoms with Gasteiger partial charge in [0, 0.05) is 16.1 Å². The van der Waals surface area contributed by atoms with Crippen molar-refractivity contribution in [3.05, 3.63) is 39.5 Å². The molecule has 2 aromatic rings. The molecule has 16 heavy (non-hydrogen) atoms. The summed E-state index contributed by atoms with van der Waals surface area (Å²) < 4.78 is 0. The molecule has 2 N–H and O–H groups in total. The maximum atomic E-state index is 6.13. The van der Waals surface area contributed by atoms with Gasteiger partial charge in [0.15, 0.2) is 0 Å². The standard InChI is InChI=1S/C12H12Cl2N2/c1-7-8(2-3-15)4-10-11(14)5-9(13)6-12(10)16-7/h4-6H,2-3,15H2,1H3. The maximum absolute atomic E-state index is 6.13. The van der Waals surface area contributed by atoms with Crippen LogP contribution in [0.4, 0.5) is 0 Å². The lowest BCUT2D eigenvalue weighted by Gasteiger charge is -2.08. The second kappa shape index (κ2) is 4.58. The van der Waals surface area contributed by atoms with Crippen molar-refractivity contribution in [2.75, 3.05) is 6.54 Å². The molecule has 1 aromatic heterocycles. The Bertz CT molecular complexity index is 538. The molecule has 0 aliphatic rings. The van der Waals surface area contributed by atoms with E-state index in [1.54, 1.807) is 6.07 Å². The predicted molar refractivity (Wildman–Crippen MR) is 69.3 cm³/mol. The number of nitrogens with zero attached hydrogens (tertiary/aromatic N) is 1. The van der Waals surface area contributed by atoms with Crippen LogP contribution in [0, 0.1) is 6.92 Å². The lowest BCUT2D eigenvalue weighted by atomic mass is 10.1. The van der Waals surface area contributed by atoms with Crippen molar-refractivity contribution in [1.82, 2.24) is 4.98 Å². The molecule has 4 heteroatoms. The van der Waals surface area contributed by atoms with Crippen molar-refractivity contribution in [2.24, 2.45) is 5.73 Å². The molecule has 1 heterocycles. The first kappa shape index (κ1) is 11.6. The van der Waals surface area contributed by atoms with Crippen molar-refractivity contribution < 1.29 is 0 Å². The summed E-state index contributed by atoms with van der Waals surface area (Å²) in [6.07, 6.45) is 0.813. The Morgan fingerprint density at radius 3 is 2.69 bits per heavy atom. The molecule has 0 fully saturated rings. The Morgan fingerprint density at radius 1 is 1.25 bits per heavy atom. The number of hydrogen-bond donors (Lipinski definition) is 1. The van der Waals surface area contributed by atoms with Crippen LogP contribution in [0.1, 0.15) is 11.3 Å². The van der Waals surface area contributed by atoms with E-state index in [1.165, 1.54) is 0 Å². The lowest BCUT2D eigenvalue weighted by Crippen LogP contribution is -2.05. The third-order valence-corrected chi connectivity index (χ3v) is 3.09. The summed E-state index contributed by atoms with van der Waals surface area (Å²) in [5.41, 5.74) is 8.50. The van der Waals surface area contributed by atoms with Crippen LogP contribution in [0.5, 0.6) is 0 Å². The topological polar surface area (TPSA) is 38.9 Å². The molecule has 0 atom stereocenters. The normalized spacial score (nSPS) is 11.0. The summed E-state index contributed by atoms with van der Waals surface area (Å²) in [6, 6.07) is 5.60. The van der Waals surface area contributed by atoms with E-state index in [0.717, 1.165) is 28.6 Å². The van der Waals surface area contributed by atoms with E-state index < -0.39 is 0 Å². The Hall–Kier alpha value is -0.830. The van der Waals surface area contributed by atoms with Crippen LogP contribution in [-0.4, -0.2) is 11.5 Å². The maximum Gasteiger partial charge on any atom is 0.0735 e. The van der Waals surface area contributed by atoms with Gasteiger partial charge in [0.2, 0.25) is 0 Å². The minimum absolute atomic E-state index is 0.607. The molecular formula is C12H12Cl2N2. The third-order valence-electron chi connectivity index (χ3n) is 2.56. The number of nitrogens with two attached hydrogens (primary N) is 1. The van der Waals surface area contributed by atoms with E-state index in [9.17, 15) is 0 Å². The zero-order valence-corrected chi connectivity index (χ0v) is 10.4. The summed E-state index contributed by atoms with van der Waals surface area (Å²) in [5.74, 6) is 0. The molecule has 0 saturated heterocycles. The summed E-state index contributed by atoms with van der Waals surface area (Å²) in [4.78, 5) is 4.49. The first-order valence-electron chi connectivity index (χ1n) is 5.07. The zero-order chi connectivity index (χ0) is 11.7. The van der Waals surface area contributed by atoms with Crippen molar-refractivity contribution in [2.45, 2.75) is 13.3 Å². The highest BCUT2D eigenvalue weighted by molar-refractivity contribution is 6.38. The van der Waals surface area contributed by atoms with Crippen LogP contribution in [0.15, 0.2) is 18.2 Å². The number of hydrogen-bond acceptors (Lipinski definition) is 2. The molecule has 0 saturated carbocycles. The first-order chi connectivity index (χ1) is 7.61. The minimum atomic E-state index is 0.607. The quantitative estimate of drug-likeness (QED) is 0.893. The largest absolute Gasteiger partial charge is 0.330 e. The van der Waals surface area contributed by atoms with Gasteiger partial charge in [0.1, 0.15) is 0 Å². The summed E-state index contributed by atoms with van der Waals surface area (Å²) in [6.45, 7) is 2.58. The number of pyridine rings is 1. The van der Waals surface area contributed by atoms with Gasteiger partial charge in [-0.25, -0.2) is 0 Å². The Labute approximate surface area is 104 Å². The van der Waals surface area contributed by atoms with Crippen LogP contribution < -0.4 is 5.73 Å². The summed E-state index contributed by atoms with van der Waals surface area (Å²) in [7, 11) is 0. The predicted octanol–water partition coefficient (Wildman–Crippen LogP) is 3.35. The van der Waals surface area contributed by atoms with Crippen molar-refractivity contribution in [3.8, 4) is 0 Å². The number of aromatic nitrogens is 1. The van der Waals surface area contributed by atoms with Crippen LogP contribution >= 0.6 is 23.2 Å². The van der Waals surface area contributed by atoms with E-state index in [1.807, 2.05) is 19.1 Å². The molecule has 0 spiro atoms. The number of aryl methyl sites for hydroxylation is 1. The fourth-order valence-corrected chi connectivity index (χ4v) is 2.28. The van der Waals surface area contributed by atoms with Gasteiger partial charge in [-0.15, -0.1) is 0 Å². The van der Waals surface area contributed by atoms with Gasteiger partial charge in [-0.2, -0.15) is 0 Å². The van der Waals surface area contributed by atoms with Gasteiger partial charge in [-0.05, 0) is 43.7 Å². The fourth-order valence-electron chi connectivity index (χ4n) is 1.75. The number of rotatable bonds is 2. The van der Waals surface area contributed by atoms with Gasteiger partial charge >= 0.3 is 0 Å². The molecule has 0 aliphatic heterocycles. The van der Waals surface area contributed by atoms with E-state index in [4.69, 9.17) is 28.9 Å². The zero-order valence-electron chi connectivity index (χ0n) is 8.93. The minimum Gasteiger partial charge on any atom is -0.330 e. The van der Waals surface area contributed by atoms with Crippen LogP contribution in [0.3, 0.4) is 0 Å². The Kier molecular flexibility index (Phi) is 3.33. The molecular weight excluding hydrogens is 243 g/mol. The highest BCUT2D eigenvalue weighted by Crippen LogP contribution is 2.28. The highest BCUT2D eigenvalue weighted by Gasteiger charge is 2.07. The Morgan fingerprint density at radius 2 is 2.00 bits per heavy atom. The smallest absolute Gasteiger partial charge is 0.0735 e. The molecule has 2 rings (SSSR count). The molecule has 2 nitrogen and oxygen atoms in total. The first-order valence-corrected chi connectivity index (χ1v) is 5.82. The third kappa shape index (κ3) is 2.14. The van der Waals surface area contributed by atoms with E-state index in [2.05, 4.69) is 4.98 Å². The van der Waals surface area contributed by atoms with Crippen LogP contribution in [-0.2, 0) is 6.42 Å². The summed E-state index contributed by atoms with van der Waals surface area (Å²) in [5, 5.41) is 2.17. The van der Waals surface area contributed by atoms with Crippen molar-refractivity contribution in [3.63, 3.8) is 0 Å². The highest BCUT2D eigenvalue weighted by atomic mass is 35.5. The van der Waals surface area contributed by atoms with Crippen molar-refractivity contribution >= 4 is 34.1 Å². The molecule has 1 aromatic carbocycles. The molecule has 0 aliphatic carbocycles. The average molecular weight is 255 g/mol. The molecule has 0 amide bonds. The lowest BCUT2D eigenvalue weighted by molar-refractivity contribution is 0.946. The molecule has 0 bridgehead atoms. The van der Waals surface area contributed by atoms with Gasteiger partial charge in [0.25, 0.3) is 0 Å². The van der Waals surface area contributed by atoms with E-state index in [0.29, 0.717) is 16.6 Å². The molecule has 84 valence electrons. The number of halogens is 2. The SMILES string of the molecule is Cc1nc2cc(Cl)cc(Cl)c2cc1CCN. The van der Waals surface area contributed by atoms with Gasteiger partial charge < -0.3 is 5.73 Å². The summed E-state index contributed by atoms with van der Waals surface area (Å²) >= 11 is 12.1. The molecule has 0 unspecified atom stereocenters. The second-order valence-electron chi connectivity index (χ2n) is 3.73. The van der Waals surface area contributed by atoms with Crippen LogP contribution in [0.2, 0.25) is 10.0 Å². The second-order valence-corrected chi connectivity index (χ2v) is 4.57. The number of benzene rings is 1. The van der Waals surface area contributed by atoms with E-state index >= 15 is 0 Å². The van der Waals surface area contributed by atoms with Gasteiger partial charge in [0.05, 0.1) is 10.5 Å². The monoisotopic (exact) mass is 254 g/mol.